The summed E-state index contributed by atoms with van der Waals surface area (Å²) in [6, 6.07) is 12.2. The zero-order valence-corrected chi connectivity index (χ0v) is 15.2. The van der Waals surface area contributed by atoms with Crippen LogP contribution in [0.1, 0.15) is 31.5 Å². The fourth-order valence-corrected chi connectivity index (χ4v) is 3.39. The normalized spacial score (nSPS) is 19.0. The van der Waals surface area contributed by atoms with Crippen LogP contribution < -0.4 is 5.32 Å². The molecular weight excluding hydrogens is 312 g/mol. The highest BCUT2D eigenvalue weighted by molar-refractivity contribution is 5.82. The third-order valence-corrected chi connectivity index (χ3v) is 4.64. The van der Waals surface area contributed by atoms with Gasteiger partial charge in [0.05, 0.1) is 11.7 Å². The molecule has 1 aliphatic rings. The molecule has 1 unspecified atom stereocenters. The second kappa shape index (κ2) is 8.30. The molecule has 0 aliphatic carbocycles. The van der Waals surface area contributed by atoms with Crippen molar-refractivity contribution >= 4 is 5.91 Å². The number of nitrogens with zero attached hydrogens (tertiary/aromatic N) is 3. The summed E-state index contributed by atoms with van der Waals surface area (Å²) in [4.78, 5) is 15.0. The molecule has 1 atom stereocenters. The number of rotatable bonds is 6. The lowest BCUT2D eigenvalue weighted by Crippen LogP contribution is -2.45. The van der Waals surface area contributed by atoms with E-state index in [0.717, 1.165) is 39.0 Å². The highest BCUT2D eigenvalue weighted by atomic mass is 16.2. The molecule has 1 saturated heterocycles. The minimum Gasteiger partial charge on any atom is -0.355 e. The largest absolute Gasteiger partial charge is 0.355 e. The number of nitrogens with one attached hydrogen (secondary N) is 1. The Morgan fingerprint density at radius 1 is 1.24 bits per heavy atom. The third-order valence-electron chi connectivity index (χ3n) is 4.64. The van der Waals surface area contributed by atoms with E-state index in [9.17, 15) is 4.79 Å². The summed E-state index contributed by atoms with van der Waals surface area (Å²) < 4.78 is 2.08. The average molecular weight is 340 g/mol. The van der Waals surface area contributed by atoms with Crippen molar-refractivity contribution in [3.05, 3.63) is 53.9 Å². The molecule has 25 heavy (non-hydrogen) atoms. The fraction of sp³-hybridized carbons (Fsp3) is 0.500. The van der Waals surface area contributed by atoms with E-state index in [1.54, 1.807) is 0 Å². The Balaban J connectivity index is 1.78. The molecule has 1 aromatic carbocycles. The maximum atomic E-state index is 12.6. The van der Waals surface area contributed by atoms with Crippen LogP contribution in [0.4, 0.5) is 0 Å². The van der Waals surface area contributed by atoms with E-state index in [1.807, 2.05) is 24.4 Å². The van der Waals surface area contributed by atoms with Gasteiger partial charge in [0.1, 0.15) is 0 Å². The summed E-state index contributed by atoms with van der Waals surface area (Å²) in [6.07, 6.45) is 3.59. The minimum atomic E-state index is -0.132. The van der Waals surface area contributed by atoms with Gasteiger partial charge in [-0.05, 0) is 30.4 Å². The number of carbonyl (C=O) groups excluding carboxylic acids is 1. The van der Waals surface area contributed by atoms with Crippen LogP contribution in [-0.4, -0.2) is 39.7 Å². The smallest absolute Gasteiger partial charge is 0.237 e. The maximum Gasteiger partial charge on any atom is 0.237 e. The average Bonchev–Trinajstić information content (AvgIpc) is 2.94. The van der Waals surface area contributed by atoms with Crippen LogP contribution in [0.25, 0.3) is 0 Å². The molecule has 0 bridgehead atoms. The molecule has 2 aromatic rings. The van der Waals surface area contributed by atoms with Gasteiger partial charge in [0, 0.05) is 32.4 Å². The Hall–Kier alpha value is -2.14. The second-order valence-electron chi connectivity index (χ2n) is 7.22. The van der Waals surface area contributed by atoms with Crippen LogP contribution in [0.3, 0.4) is 0 Å². The summed E-state index contributed by atoms with van der Waals surface area (Å²) in [5.74, 6) is 0.683. The molecule has 2 heterocycles. The van der Waals surface area contributed by atoms with Gasteiger partial charge in [-0.3, -0.25) is 14.4 Å². The van der Waals surface area contributed by atoms with Crippen molar-refractivity contribution in [3.8, 4) is 0 Å². The predicted molar refractivity (Wildman–Crippen MR) is 99.0 cm³/mol. The van der Waals surface area contributed by atoms with Crippen LogP contribution in [0.5, 0.6) is 0 Å². The van der Waals surface area contributed by atoms with Gasteiger partial charge in [-0.2, -0.15) is 5.10 Å². The number of hydrogen-bond acceptors (Lipinski definition) is 3. The molecule has 0 saturated carbocycles. The standard InChI is InChI=1S/C20H28N4O/c1-16(2)14-24-18(9-11-22-24)15-23-12-6-10-21-20(25)19(23)13-17-7-4-3-5-8-17/h3-5,7-9,11,16,19H,6,10,12-15H2,1-2H3,(H,21,25). The third kappa shape index (κ3) is 4.69. The summed E-state index contributed by atoms with van der Waals surface area (Å²) >= 11 is 0. The monoisotopic (exact) mass is 340 g/mol. The molecule has 5 nitrogen and oxygen atoms in total. The first-order valence-corrected chi connectivity index (χ1v) is 9.20. The first kappa shape index (κ1) is 17.7. The van der Waals surface area contributed by atoms with Crippen LogP contribution >= 0.6 is 0 Å². The van der Waals surface area contributed by atoms with Gasteiger partial charge < -0.3 is 5.32 Å². The number of carbonyl (C=O) groups is 1. The van der Waals surface area contributed by atoms with Crippen molar-refractivity contribution in [1.82, 2.24) is 20.0 Å². The van der Waals surface area contributed by atoms with Crippen LogP contribution in [-0.2, 0) is 24.3 Å². The Kier molecular flexibility index (Phi) is 5.87. The molecule has 1 aromatic heterocycles. The van der Waals surface area contributed by atoms with Gasteiger partial charge in [-0.1, -0.05) is 44.2 Å². The van der Waals surface area contributed by atoms with Crippen LogP contribution in [0, 0.1) is 5.92 Å². The van der Waals surface area contributed by atoms with E-state index in [2.05, 4.69) is 52.0 Å². The van der Waals surface area contributed by atoms with E-state index < -0.39 is 0 Å². The number of amides is 1. The second-order valence-corrected chi connectivity index (χ2v) is 7.22. The Labute approximate surface area is 150 Å². The minimum absolute atomic E-state index is 0.132. The number of benzene rings is 1. The molecule has 1 fully saturated rings. The van der Waals surface area contributed by atoms with Crippen LogP contribution in [0.2, 0.25) is 0 Å². The highest BCUT2D eigenvalue weighted by Crippen LogP contribution is 2.16. The fourth-order valence-electron chi connectivity index (χ4n) is 3.39. The maximum absolute atomic E-state index is 12.6. The Morgan fingerprint density at radius 3 is 2.80 bits per heavy atom. The van der Waals surface area contributed by atoms with E-state index in [1.165, 1.54) is 11.3 Å². The van der Waals surface area contributed by atoms with E-state index >= 15 is 0 Å². The predicted octanol–water partition coefficient (Wildman–Crippen LogP) is 2.47. The molecule has 134 valence electrons. The van der Waals surface area contributed by atoms with Gasteiger partial charge in [-0.25, -0.2) is 0 Å². The molecule has 0 spiro atoms. The summed E-state index contributed by atoms with van der Waals surface area (Å²) in [6.45, 7) is 7.74. The van der Waals surface area contributed by atoms with Gasteiger partial charge in [0.15, 0.2) is 0 Å². The highest BCUT2D eigenvalue weighted by Gasteiger charge is 2.29. The van der Waals surface area contributed by atoms with Crippen molar-refractivity contribution in [2.75, 3.05) is 13.1 Å². The first-order valence-electron chi connectivity index (χ1n) is 9.20. The SMILES string of the molecule is CC(C)Cn1nccc1CN1CCCNC(=O)C1Cc1ccccc1. The summed E-state index contributed by atoms with van der Waals surface area (Å²) in [5, 5.41) is 7.53. The van der Waals surface area contributed by atoms with Crippen molar-refractivity contribution in [2.45, 2.75) is 45.8 Å². The summed E-state index contributed by atoms with van der Waals surface area (Å²) in [7, 11) is 0. The zero-order valence-electron chi connectivity index (χ0n) is 15.2. The van der Waals surface area contributed by atoms with E-state index in [0.29, 0.717) is 5.92 Å². The van der Waals surface area contributed by atoms with Gasteiger partial charge in [0.2, 0.25) is 5.91 Å². The van der Waals surface area contributed by atoms with Crippen LogP contribution in [0.15, 0.2) is 42.6 Å². The summed E-state index contributed by atoms with van der Waals surface area (Å²) in [5.41, 5.74) is 2.38. The topological polar surface area (TPSA) is 50.2 Å². The van der Waals surface area contributed by atoms with Gasteiger partial charge in [-0.15, -0.1) is 0 Å². The molecular formula is C20H28N4O. The molecule has 3 rings (SSSR count). The van der Waals surface area contributed by atoms with E-state index in [4.69, 9.17) is 0 Å². The van der Waals surface area contributed by atoms with Crippen molar-refractivity contribution in [3.63, 3.8) is 0 Å². The zero-order chi connectivity index (χ0) is 17.6. The molecule has 1 amide bonds. The lowest BCUT2D eigenvalue weighted by atomic mass is 10.0. The molecule has 0 radical (unpaired) electrons. The Bertz CT molecular complexity index is 680. The quantitative estimate of drug-likeness (QED) is 0.879. The number of hydrogen-bond donors (Lipinski definition) is 1. The lowest BCUT2D eigenvalue weighted by Gasteiger charge is -2.28. The molecule has 1 N–H and O–H groups in total. The van der Waals surface area contributed by atoms with Crippen molar-refractivity contribution in [2.24, 2.45) is 5.92 Å². The number of aromatic nitrogens is 2. The van der Waals surface area contributed by atoms with Crippen molar-refractivity contribution < 1.29 is 4.79 Å². The first-order chi connectivity index (χ1) is 12.1. The molecule has 1 aliphatic heterocycles. The lowest BCUT2D eigenvalue weighted by molar-refractivity contribution is -0.125. The Morgan fingerprint density at radius 2 is 2.04 bits per heavy atom. The van der Waals surface area contributed by atoms with E-state index in [-0.39, 0.29) is 11.9 Å². The van der Waals surface area contributed by atoms with Gasteiger partial charge >= 0.3 is 0 Å². The van der Waals surface area contributed by atoms with Crippen molar-refractivity contribution in [1.29, 1.82) is 0 Å². The van der Waals surface area contributed by atoms with Gasteiger partial charge in [0.25, 0.3) is 0 Å². The molecule has 5 heteroatoms.